The van der Waals surface area contributed by atoms with Crippen molar-refractivity contribution in [3.8, 4) is 5.75 Å². The van der Waals surface area contributed by atoms with E-state index >= 15 is 0 Å². The summed E-state index contributed by atoms with van der Waals surface area (Å²) in [5.74, 6) is 0.942. The van der Waals surface area contributed by atoms with Crippen LogP contribution in [0.15, 0.2) is 34.3 Å². The Hall–Kier alpha value is -0.800. The van der Waals surface area contributed by atoms with Gasteiger partial charge in [0.2, 0.25) is 0 Å². The smallest absolute Gasteiger partial charge is 0.124 e. The quantitative estimate of drug-likeness (QED) is 0.793. The third-order valence-corrected chi connectivity index (χ3v) is 3.06. The van der Waals surface area contributed by atoms with Crippen LogP contribution in [0.2, 0.25) is 0 Å². The molecule has 1 aromatic carbocycles. The number of nitrogens with one attached hydrogen (secondary N) is 1. The summed E-state index contributed by atoms with van der Waals surface area (Å²) in [6, 6.07) is 6.14. The minimum Gasteiger partial charge on any atom is -0.489 e. The molecule has 0 radical (unpaired) electrons. The van der Waals surface area contributed by atoms with Crippen molar-refractivity contribution in [3.05, 3.63) is 39.9 Å². The Morgan fingerprint density at radius 2 is 2.00 bits per heavy atom. The largest absolute Gasteiger partial charge is 0.489 e. The van der Waals surface area contributed by atoms with Crippen LogP contribution in [0.4, 0.5) is 0 Å². The van der Waals surface area contributed by atoms with Gasteiger partial charge in [-0.3, -0.25) is 0 Å². The monoisotopic (exact) mass is 325 g/mol. The zero-order valence-corrected chi connectivity index (χ0v) is 14.1. The first kappa shape index (κ1) is 16.3. The first-order valence-corrected chi connectivity index (χ1v) is 7.37. The van der Waals surface area contributed by atoms with Crippen molar-refractivity contribution < 1.29 is 4.74 Å². The molecule has 0 aliphatic rings. The number of benzene rings is 1. The van der Waals surface area contributed by atoms with E-state index in [2.05, 4.69) is 68.0 Å². The van der Waals surface area contributed by atoms with Crippen LogP contribution in [0.3, 0.4) is 0 Å². The van der Waals surface area contributed by atoms with Gasteiger partial charge in [0.1, 0.15) is 12.4 Å². The third kappa shape index (κ3) is 6.79. The second kappa shape index (κ2) is 7.11. The van der Waals surface area contributed by atoms with Crippen LogP contribution in [0.5, 0.6) is 5.75 Å². The summed E-state index contributed by atoms with van der Waals surface area (Å²) in [7, 11) is 0. The SMILES string of the molecule is CC(C)=CCOc1ccc(Br)cc1CNC(C)(C)C. The Morgan fingerprint density at radius 1 is 1.32 bits per heavy atom. The molecule has 0 aliphatic carbocycles. The molecule has 0 amide bonds. The van der Waals surface area contributed by atoms with Gasteiger partial charge in [0.05, 0.1) is 0 Å². The van der Waals surface area contributed by atoms with Gasteiger partial charge in [0.15, 0.2) is 0 Å². The summed E-state index contributed by atoms with van der Waals surface area (Å²) in [4.78, 5) is 0. The van der Waals surface area contributed by atoms with Gasteiger partial charge in [-0.25, -0.2) is 0 Å². The molecule has 3 heteroatoms. The summed E-state index contributed by atoms with van der Waals surface area (Å²) >= 11 is 3.51. The van der Waals surface area contributed by atoms with Crippen LogP contribution in [-0.4, -0.2) is 12.1 Å². The Kier molecular flexibility index (Phi) is 6.08. The molecule has 0 aliphatic heterocycles. The number of allylic oxidation sites excluding steroid dienone is 1. The summed E-state index contributed by atoms with van der Waals surface area (Å²) in [6.07, 6.45) is 2.09. The summed E-state index contributed by atoms with van der Waals surface area (Å²) in [5.41, 5.74) is 2.54. The number of hydrogen-bond donors (Lipinski definition) is 1. The lowest BCUT2D eigenvalue weighted by atomic mass is 10.1. The van der Waals surface area contributed by atoms with Crippen LogP contribution in [0.25, 0.3) is 0 Å². The van der Waals surface area contributed by atoms with Crippen LogP contribution in [0, 0.1) is 0 Å². The molecule has 0 aromatic heterocycles. The molecular formula is C16H24BrNO. The number of halogens is 1. The Morgan fingerprint density at radius 3 is 2.58 bits per heavy atom. The first-order chi connectivity index (χ1) is 8.78. The van der Waals surface area contributed by atoms with E-state index in [1.165, 1.54) is 11.1 Å². The molecule has 1 N–H and O–H groups in total. The molecule has 19 heavy (non-hydrogen) atoms. The maximum Gasteiger partial charge on any atom is 0.124 e. The molecule has 0 unspecified atom stereocenters. The Balaban J connectivity index is 2.76. The minimum atomic E-state index is 0.0967. The fourth-order valence-corrected chi connectivity index (χ4v) is 1.89. The fourth-order valence-electron chi connectivity index (χ4n) is 1.49. The standard InChI is InChI=1S/C16H24BrNO/c1-12(2)8-9-19-15-7-6-14(17)10-13(15)11-18-16(3,4)5/h6-8,10,18H,9,11H2,1-5H3. The van der Waals surface area contributed by atoms with Gasteiger partial charge in [0, 0.05) is 22.1 Å². The maximum atomic E-state index is 5.83. The number of hydrogen-bond acceptors (Lipinski definition) is 2. The average molecular weight is 326 g/mol. The highest BCUT2D eigenvalue weighted by Gasteiger charge is 2.11. The zero-order valence-electron chi connectivity index (χ0n) is 12.5. The summed E-state index contributed by atoms with van der Waals surface area (Å²) in [6.45, 7) is 12.1. The van der Waals surface area contributed by atoms with E-state index in [0.717, 1.165) is 16.8 Å². The molecule has 0 heterocycles. The predicted molar refractivity (Wildman–Crippen MR) is 85.7 cm³/mol. The van der Waals surface area contributed by atoms with E-state index in [4.69, 9.17) is 4.74 Å². The average Bonchev–Trinajstić information content (AvgIpc) is 2.27. The predicted octanol–water partition coefficient (Wildman–Crippen LogP) is 4.68. The second-order valence-electron chi connectivity index (χ2n) is 5.95. The molecule has 1 aromatic rings. The van der Waals surface area contributed by atoms with E-state index in [9.17, 15) is 0 Å². The van der Waals surface area contributed by atoms with Gasteiger partial charge in [-0.15, -0.1) is 0 Å². The molecule has 0 saturated carbocycles. The summed E-state index contributed by atoms with van der Waals surface area (Å²) < 4.78 is 6.91. The maximum absolute atomic E-state index is 5.83. The normalized spacial score (nSPS) is 11.3. The highest BCUT2D eigenvalue weighted by atomic mass is 79.9. The van der Waals surface area contributed by atoms with Crippen molar-refractivity contribution in [1.29, 1.82) is 0 Å². The lowest BCUT2D eigenvalue weighted by molar-refractivity contribution is 0.351. The molecular weight excluding hydrogens is 302 g/mol. The third-order valence-electron chi connectivity index (χ3n) is 2.56. The molecule has 0 bridgehead atoms. The molecule has 0 spiro atoms. The van der Waals surface area contributed by atoms with Crippen LogP contribution in [0.1, 0.15) is 40.2 Å². The molecule has 0 fully saturated rings. The van der Waals surface area contributed by atoms with Crippen molar-refractivity contribution >= 4 is 15.9 Å². The van der Waals surface area contributed by atoms with Gasteiger partial charge >= 0.3 is 0 Å². The molecule has 1 rings (SSSR count). The van der Waals surface area contributed by atoms with Gasteiger partial charge in [-0.2, -0.15) is 0 Å². The van der Waals surface area contributed by atoms with Crippen LogP contribution in [-0.2, 0) is 6.54 Å². The van der Waals surface area contributed by atoms with Crippen molar-refractivity contribution in [2.24, 2.45) is 0 Å². The second-order valence-corrected chi connectivity index (χ2v) is 6.86. The highest BCUT2D eigenvalue weighted by molar-refractivity contribution is 9.10. The fraction of sp³-hybridized carbons (Fsp3) is 0.500. The number of rotatable bonds is 5. The lowest BCUT2D eigenvalue weighted by Gasteiger charge is -2.21. The number of ether oxygens (including phenoxy) is 1. The minimum absolute atomic E-state index is 0.0967. The Labute approximate surface area is 125 Å². The van der Waals surface area contributed by atoms with Crippen LogP contribution < -0.4 is 10.1 Å². The van der Waals surface area contributed by atoms with Gasteiger partial charge in [-0.05, 0) is 58.9 Å². The Bertz CT molecular complexity index is 443. The van der Waals surface area contributed by atoms with Gasteiger partial charge in [-0.1, -0.05) is 21.5 Å². The van der Waals surface area contributed by atoms with E-state index in [0.29, 0.717) is 6.61 Å². The van der Waals surface area contributed by atoms with E-state index in [-0.39, 0.29) is 5.54 Å². The van der Waals surface area contributed by atoms with Crippen molar-refractivity contribution in [1.82, 2.24) is 5.32 Å². The van der Waals surface area contributed by atoms with Crippen molar-refractivity contribution in [2.75, 3.05) is 6.61 Å². The topological polar surface area (TPSA) is 21.3 Å². The van der Waals surface area contributed by atoms with Gasteiger partial charge < -0.3 is 10.1 Å². The molecule has 0 atom stereocenters. The highest BCUT2D eigenvalue weighted by Crippen LogP contribution is 2.24. The lowest BCUT2D eigenvalue weighted by Crippen LogP contribution is -2.35. The van der Waals surface area contributed by atoms with Gasteiger partial charge in [0.25, 0.3) is 0 Å². The molecule has 2 nitrogen and oxygen atoms in total. The molecule has 0 saturated heterocycles. The first-order valence-electron chi connectivity index (χ1n) is 6.57. The van der Waals surface area contributed by atoms with Crippen LogP contribution >= 0.6 is 15.9 Å². The van der Waals surface area contributed by atoms with E-state index in [1.807, 2.05) is 12.1 Å². The zero-order chi connectivity index (χ0) is 14.5. The van der Waals surface area contributed by atoms with Crippen molar-refractivity contribution in [2.45, 2.75) is 46.7 Å². The molecule has 106 valence electrons. The van der Waals surface area contributed by atoms with E-state index in [1.54, 1.807) is 0 Å². The van der Waals surface area contributed by atoms with E-state index < -0.39 is 0 Å². The summed E-state index contributed by atoms with van der Waals surface area (Å²) in [5, 5.41) is 3.49. The van der Waals surface area contributed by atoms with Crippen molar-refractivity contribution in [3.63, 3.8) is 0 Å².